The first-order valence-electron chi connectivity index (χ1n) is 10.6. The lowest BCUT2D eigenvalue weighted by Crippen LogP contribution is -2.34. The summed E-state index contributed by atoms with van der Waals surface area (Å²) in [6, 6.07) is -1.03. The molecule has 176 valence electrons. The second-order valence-electron chi connectivity index (χ2n) is 7.20. The van der Waals surface area contributed by atoms with Crippen LogP contribution in [0.2, 0.25) is 0 Å². The van der Waals surface area contributed by atoms with Crippen molar-refractivity contribution in [2.45, 2.75) is 75.4 Å². The molecule has 0 saturated heterocycles. The number of rotatable bonds is 18. The summed E-state index contributed by atoms with van der Waals surface area (Å²) in [5.41, 5.74) is 5.53. The molecule has 0 radical (unpaired) electrons. The molecule has 0 aromatic rings. The first-order valence-corrected chi connectivity index (χ1v) is 11.7. The van der Waals surface area contributed by atoms with Gasteiger partial charge in [-0.15, -0.1) is 11.8 Å². The van der Waals surface area contributed by atoms with E-state index < -0.39 is 35.4 Å². The van der Waals surface area contributed by atoms with Crippen LogP contribution in [0, 0.1) is 0 Å². The highest BCUT2D eigenvalue weighted by molar-refractivity contribution is 8.00. The minimum absolute atomic E-state index is 0.0294. The molecular weight excluding hydrogens is 418 g/mol. The van der Waals surface area contributed by atoms with Gasteiger partial charge in [0.25, 0.3) is 0 Å². The van der Waals surface area contributed by atoms with Gasteiger partial charge in [0, 0.05) is 17.4 Å². The van der Waals surface area contributed by atoms with Crippen LogP contribution in [0.15, 0.2) is 48.6 Å². The average Bonchev–Trinajstić information content (AvgIpc) is 2.71. The first kappa shape index (κ1) is 29.1. The number of aliphatic carboxylic acids is 2. The molecule has 6 N–H and O–H groups in total. The fourth-order valence-corrected chi connectivity index (χ4v) is 3.66. The fourth-order valence-electron chi connectivity index (χ4n) is 2.53. The van der Waals surface area contributed by atoms with Crippen molar-refractivity contribution in [1.29, 1.82) is 0 Å². The van der Waals surface area contributed by atoms with E-state index in [2.05, 4.69) is 6.92 Å². The molecule has 0 aliphatic carbocycles. The normalized spacial score (nSPS) is 16.4. The summed E-state index contributed by atoms with van der Waals surface area (Å²) >= 11 is 1.23. The summed E-state index contributed by atoms with van der Waals surface area (Å²) in [4.78, 5) is 21.5. The van der Waals surface area contributed by atoms with Crippen LogP contribution in [-0.2, 0) is 9.59 Å². The highest BCUT2D eigenvalue weighted by atomic mass is 32.2. The molecular formula is C23H37NO6S. The number of carbonyl (C=O) groups is 2. The van der Waals surface area contributed by atoms with Crippen molar-refractivity contribution in [3.63, 3.8) is 0 Å². The fraction of sp³-hybridized carbons (Fsp3) is 0.565. The summed E-state index contributed by atoms with van der Waals surface area (Å²) in [5, 5.41) is 37.4. The standard InChI is InChI=1S/C23H37NO6S/c1-2-3-8-12-18(25)13-9-6-4-5-7-10-15-21(31-17-19(24)23(29)30)20(26)14-11-16-22(27)28/h4-7,9-10,13,15,18-21,25-26H,2-3,8,11-12,14,16-17,24H2,1H3,(H,27,28)(H,29,30). The first-order chi connectivity index (χ1) is 14.8. The Kier molecular flexibility index (Phi) is 17.7. The van der Waals surface area contributed by atoms with Crippen LogP contribution in [0.25, 0.3) is 0 Å². The second-order valence-corrected chi connectivity index (χ2v) is 8.41. The van der Waals surface area contributed by atoms with E-state index in [9.17, 15) is 19.8 Å². The van der Waals surface area contributed by atoms with Gasteiger partial charge in [-0.3, -0.25) is 9.59 Å². The third kappa shape index (κ3) is 17.5. The van der Waals surface area contributed by atoms with Crippen LogP contribution in [0.1, 0.15) is 51.9 Å². The topological polar surface area (TPSA) is 141 Å². The van der Waals surface area contributed by atoms with E-state index in [1.54, 1.807) is 36.5 Å². The number of nitrogens with two attached hydrogens (primary N) is 1. The van der Waals surface area contributed by atoms with Gasteiger partial charge in [0.05, 0.1) is 12.2 Å². The van der Waals surface area contributed by atoms with E-state index >= 15 is 0 Å². The Labute approximate surface area is 189 Å². The number of thioether (sulfide) groups is 1. The van der Waals surface area contributed by atoms with E-state index in [1.807, 2.05) is 12.2 Å². The van der Waals surface area contributed by atoms with Gasteiger partial charge < -0.3 is 26.2 Å². The number of carboxylic acids is 2. The van der Waals surface area contributed by atoms with Crippen molar-refractivity contribution in [3.8, 4) is 0 Å². The van der Waals surface area contributed by atoms with Crippen LogP contribution >= 0.6 is 11.8 Å². The number of carboxylic acid groups (broad SMARTS) is 2. The van der Waals surface area contributed by atoms with Crippen molar-refractivity contribution in [2.75, 3.05) is 5.75 Å². The van der Waals surface area contributed by atoms with E-state index in [-0.39, 0.29) is 12.2 Å². The maximum Gasteiger partial charge on any atom is 0.321 e. The lowest BCUT2D eigenvalue weighted by molar-refractivity contribution is -0.138. The van der Waals surface area contributed by atoms with E-state index in [4.69, 9.17) is 15.9 Å². The third-order valence-corrected chi connectivity index (χ3v) is 5.76. The van der Waals surface area contributed by atoms with Gasteiger partial charge in [-0.05, 0) is 19.3 Å². The second kappa shape index (κ2) is 18.9. The lowest BCUT2D eigenvalue weighted by Gasteiger charge is -2.20. The van der Waals surface area contributed by atoms with Crippen molar-refractivity contribution in [1.82, 2.24) is 0 Å². The predicted octanol–water partition coefficient (Wildman–Crippen LogP) is 3.28. The van der Waals surface area contributed by atoms with Crippen molar-refractivity contribution >= 4 is 23.7 Å². The zero-order valence-electron chi connectivity index (χ0n) is 18.2. The Morgan fingerprint density at radius 2 is 1.52 bits per heavy atom. The highest BCUT2D eigenvalue weighted by Gasteiger charge is 2.20. The summed E-state index contributed by atoms with van der Waals surface area (Å²) in [6.45, 7) is 2.12. The van der Waals surface area contributed by atoms with Crippen molar-refractivity contribution in [3.05, 3.63) is 48.6 Å². The lowest BCUT2D eigenvalue weighted by atomic mass is 10.1. The molecule has 0 heterocycles. The van der Waals surface area contributed by atoms with Crippen LogP contribution in [0.3, 0.4) is 0 Å². The van der Waals surface area contributed by atoms with Gasteiger partial charge in [-0.2, -0.15) is 0 Å². The molecule has 8 heteroatoms. The molecule has 31 heavy (non-hydrogen) atoms. The molecule has 0 aliphatic rings. The number of unbranched alkanes of at least 4 members (excludes halogenated alkanes) is 2. The van der Waals surface area contributed by atoms with Crippen LogP contribution in [-0.4, -0.2) is 61.6 Å². The van der Waals surface area contributed by atoms with E-state index in [0.717, 1.165) is 25.7 Å². The van der Waals surface area contributed by atoms with Crippen LogP contribution in [0.4, 0.5) is 0 Å². The van der Waals surface area contributed by atoms with Gasteiger partial charge in [0.1, 0.15) is 6.04 Å². The van der Waals surface area contributed by atoms with E-state index in [0.29, 0.717) is 12.8 Å². The zero-order valence-corrected chi connectivity index (χ0v) is 19.0. The number of aliphatic hydroxyl groups excluding tert-OH is 2. The molecule has 0 spiro atoms. The molecule has 0 fully saturated rings. The number of allylic oxidation sites excluding steroid dienone is 6. The third-order valence-electron chi connectivity index (χ3n) is 4.35. The van der Waals surface area contributed by atoms with Gasteiger partial charge in [-0.1, -0.05) is 74.8 Å². The molecule has 4 unspecified atom stereocenters. The Bertz CT molecular complexity index is 617. The minimum Gasteiger partial charge on any atom is -0.481 e. The number of hydrogen-bond acceptors (Lipinski definition) is 6. The van der Waals surface area contributed by atoms with Crippen molar-refractivity contribution in [2.24, 2.45) is 5.73 Å². The Morgan fingerprint density at radius 1 is 0.903 bits per heavy atom. The van der Waals surface area contributed by atoms with Gasteiger partial charge in [0.15, 0.2) is 0 Å². The predicted molar refractivity (Wildman–Crippen MR) is 126 cm³/mol. The summed E-state index contributed by atoms with van der Waals surface area (Å²) in [5.74, 6) is -1.89. The molecule has 0 saturated carbocycles. The zero-order chi connectivity index (χ0) is 23.5. The molecule has 0 rings (SSSR count). The van der Waals surface area contributed by atoms with Crippen LogP contribution in [0.5, 0.6) is 0 Å². The highest BCUT2D eigenvalue weighted by Crippen LogP contribution is 2.21. The molecule has 0 aromatic heterocycles. The van der Waals surface area contributed by atoms with Gasteiger partial charge in [-0.25, -0.2) is 0 Å². The Morgan fingerprint density at radius 3 is 2.10 bits per heavy atom. The maximum absolute atomic E-state index is 10.9. The summed E-state index contributed by atoms with van der Waals surface area (Å²) in [7, 11) is 0. The SMILES string of the molecule is CCCCCC(O)C=CC=CC=CC=CC(SCC(N)C(=O)O)C(O)CCCC(=O)O. The average molecular weight is 456 g/mol. The quantitative estimate of drug-likeness (QED) is 0.157. The monoisotopic (exact) mass is 455 g/mol. The minimum atomic E-state index is -1.11. The van der Waals surface area contributed by atoms with Gasteiger partial charge >= 0.3 is 11.9 Å². The molecule has 4 atom stereocenters. The molecule has 0 aromatic carbocycles. The molecule has 0 bridgehead atoms. The van der Waals surface area contributed by atoms with Gasteiger partial charge in [0.2, 0.25) is 0 Å². The molecule has 0 aliphatic heterocycles. The Hall–Kier alpha value is -1.87. The number of hydrogen-bond donors (Lipinski definition) is 5. The maximum atomic E-state index is 10.9. The number of aliphatic hydroxyl groups is 2. The molecule has 0 amide bonds. The smallest absolute Gasteiger partial charge is 0.321 e. The summed E-state index contributed by atoms with van der Waals surface area (Å²) < 4.78 is 0. The van der Waals surface area contributed by atoms with Crippen LogP contribution < -0.4 is 5.73 Å². The Balaban J connectivity index is 4.63. The summed E-state index contributed by atoms with van der Waals surface area (Å²) in [6.07, 6.45) is 17.6. The van der Waals surface area contributed by atoms with Crippen molar-refractivity contribution < 1.29 is 30.0 Å². The van der Waals surface area contributed by atoms with E-state index in [1.165, 1.54) is 11.8 Å². The largest absolute Gasteiger partial charge is 0.481 e. The molecule has 7 nitrogen and oxygen atoms in total.